The van der Waals surface area contributed by atoms with Crippen molar-refractivity contribution in [3.05, 3.63) is 137 Å². The number of benzene rings is 4. The Kier molecular flexibility index (Phi) is 7.24. The Labute approximate surface area is 262 Å². The SMILES string of the molecule is Cc1ccc(S(=O)(=O)N2C[C@H]3c4ccccc4CCN3[C@@H]2c2cn(S(=O)(=O)c3ccc(C)cc3)nc2-c2ccc(F)cc2)cc1. The van der Waals surface area contributed by atoms with Crippen LogP contribution in [0.4, 0.5) is 4.39 Å². The van der Waals surface area contributed by atoms with Gasteiger partial charge in [-0.2, -0.15) is 21.9 Å². The van der Waals surface area contributed by atoms with E-state index in [2.05, 4.69) is 16.1 Å². The van der Waals surface area contributed by atoms with E-state index in [0.29, 0.717) is 24.1 Å². The van der Waals surface area contributed by atoms with Gasteiger partial charge in [-0.1, -0.05) is 59.7 Å². The van der Waals surface area contributed by atoms with E-state index in [9.17, 15) is 21.2 Å². The van der Waals surface area contributed by atoms with Crippen LogP contribution in [-0.4, -0.2) is 48.3 Å². The molecule has 1 aromatic heterocycles. The highest BCUT2D eigenvalue weighted by Gasteiger charge is 2.50. The topological polar surface area (TPSA) is 92.6 Å². The van der Waals surface area contributed by atoms with E-state index < -0.39 is 32.0 Å². The molecule has 5 aromatic rings. The van der Waals surface area contributed by atoms with E-state index in [4.69, 9.17) is 0 Å². The van der Waals surface area contributed by atoms with Crippen LogP contribution in [0.5, 0.6) is 0 Å². The molecule has 230 valence electrons. The Hall–Kier alpha value is -4.16. The third-order valence-electron chi connectivity index (χ3n) is 8.70. The highest BCUT2D eigenvalue weighted by atomic mass is 32.2. The predicted molar refractivity (Wildman–Crippen MR) is 169 cm³/mol. The minimum Gasteiger partial charge on any atom is -0.274 e. The van der Waals surface area contributed by atoms with Crippen LogP contribution < -0.4 is 0 Å². The summed E-state index contributed by atoms with van der Waals surface area (Å²) in [7, 11) is -8.20. The molecule has 0 unspecified atom stereocenters. The number of nitrogens with zero attached hydrogens (tertiary/aromatic N) is 4. The molecular formula is C34H31FN4O4S2. The number of hydrogen-bond donors (Lipinski definition) is 0. The van der Waals surface area contributed by atoms with E-state index in [1.165, 1.54) is 46.9 Å². The first kappa shape index (κ1) is 29.5. The Balaban J connectivity index is 1.44. The van der Waals surface area contributed by atoms with Crippen molar-refractivity contribution in [2.45, 2.75) is 42.3 Å². The van der Waals surface area contributed by atoms with E-state index >= 15 is 0 Å². The van der Waals surface area contributed by atoms with Crippen molar-refractivity contribution in [2.24, 2.45) is 0 Å². The lowest BCUT2D eigenvalue weighted by atomic mass is 9.93. The molecule has 2 atom stereocenters. The number of hydrogen-bond acceptors (Lipinski definition) is 6. The molecule has 2 aliphatic heterocycles. The molecule has 7 rings (SSSR count). The van der Waals surface area contributed by atoms with Crippen LogP contribution in [0.1, 0.15) is 40.0 Å². The molecule has 45 heavy (non-hydrogen) atoms. The Morgan fingerprint density at radius 3 is 1.98 bits per heavy atom. The van der Waals surface area contributed by atoms with Gasteiger partial charge in [-0.25, -0.2) is 12.8 Å². The first-order valence-electron chi connectivity index (χ1n) is 14.6. The fourth-order valence-corrected chi connectivity index (χ4v) is 9.06. The largest absolute Gasteiger partial charge is 0.282 e. The van der Waals surface area contributed by atoms with Gasteiger partial charge in [-0.05, 0) is 79.9 Å². The van der Waals surface area contributed by atoms with Gasteiger partial charge in [-0.3, -0.25) is 4.90 Å². The summed E-state index contributed by atoms with van der Waals surface area (Å²) in [6.45, 7) is 4.47. The Morgan fingerprint density at radius 1 is 0.733 bits per heavy atom. The number of aryl methyl sites for hydroxylation is 2. The Morgan fingerprint density at radius 2 is 1.33 bits per heavy atom. The van der Waals surface area contributed by atoms with Crippen molar-refractivity contribution in [1.82, 2.24) is 18.4 Å². The molecule has 3 heterocycles. The molecule has 4 aromatic carbocycles. The van der Waals surface area contributed by atoms with Crippen LogP contribution in [0.25, 0.3) is 11.3 Å². The smallest absolute Gasteiger partial charge is 0.274 e. The highest BCUT2D eigenvalue weighted by molar-refractivity contribution is 7.90. The summed E-state index contributed by atoms with van der Waals surface area (Å²) in [5.74, 6) is -0.454. The molecule has 2 aliphatic rings. The van der Waals surface area contributed by atoms with Crippen LogP contribution in [0.2, 0.25) is 0 Å². The first-order chi connectivity index (χ1) is 21.5. The van der Waals surface area contributed by atoms with Crippen molar-refractivity contribution in [1.29, 1.82) is 0 Å². The molecule has 0 amide bonds. The molecule has 0 bridgehead atoms. The van der Waals surface area contributed by atoms with Crippen LogP contribution in [0, 0.1) is 19.7 Å². The van der Waals surface area contributed by atoms with Crippen LogP contribution in [0.15, 0.2) is 113 Å². The summed E-state index contributed by atoms with van der Waals surface area (Å²) >= 11 is 0. The summed E-state index contributed by atoms with van der Waals surface area (Å²) in [6.07, 6.45) is 1.24. The Bertz CT molecular complexity index is 2110. The van der Waals surface area contributed by atoms with Gasteiger partial charge in [0.05, 0.1) is 21.5 Å². The summed E-state index contributed by atoms with van der Waals surface area (Å²) in [5.41, 5.74) is 5.16. The monoisotopic (exact) mass is 642 g/mol. The molecule has 11 heteroatoms. The van der Waals surface area contributed by atoms with Gasteiger partial charge in [0.15, 0.2) is 0 Å². The second-order valence-electron chi connectivity index (χ2n) is 11.6. The van der Waals surface area contributed by atoms with Gasteiger partial charge in [0.2, 0.25) is 10.0 Å². The molecular weight excluding hydrogens is 612 g/mol. The number of rotatable bonds is 6. The second kappa shape index (κ2) is 11.0. The molecule has 0 aliphatic carbocycles. The number of halogens is 1. The molecule has 0 saturated carbocycles. The highest BCUT2D eigenvalue weighted by Crippen LogP contribution is 2.48. The van der Waals surface area contributed by atoms with Crippen molar-refractivity contribution in [2.75, 3.05) is 13.1 Å². The molecule has 0 radical (unpaired) electrons. The number of aromatic nitrogens is 2. The molecule has 8 nitrogen and oxygen atoms in total. The van der Waals surface area contributed by atoms with Crippen molar-refractivity contribution >= 4 is 20.0 Å². The third-order valence-corrected chi connectivity index (χ3v) is 12.1. The van der Waals surface area contributed by atoms with E-state index in [1.54, 1.807) is 36.4 Å². The maximum absolute atomic E-state index is 14.4. The molecule has 1 saturated heterocycles. The normalized spacial score (nSPS) is 18.9. The summed E-state index contributed by atoms with van der Waals surface area (Å²) in [6, 6.07) is 26.5. The minimum absolute atomic E-state index is 0.0492. The van der Waals surface area contributed by atoms with Gasteiger partial charge >= 0.3 is 0 Å². The maximum Gasteiger partial charge on any atom is 0.282 e. The third kappa shape index (κ3) is 5.09. The minimum atomic E-state index is -4.15. The van der Waals surface area contributed by atoms with E-state index in [1.807, 2.05) is 32.0 Å². The fourth-order valence-electron chi connectivity index (χ4n) is 6.34. The summed E-state index contributed by atoms with van der Waals surface area (Å²) in [4.78, 5) is 2.31. The zero-order valence-corrected chi connectivity index (χ0v) is 26.3. The van der Waals surface area contributed by atoms with Crippen LogP contribution in [-0.2, 0) is 26.5 Å². The van der Waals surface area contributed by atoms with Crippen molar-refractivity contribution in [3.63, 3.8) is 0 Å². The average Bonchev–Trinajstić information content (AvgIpc) is 3.65. The quantitative estimate of drug-likeness (QED) is 0.231. The van der Waals surface area contributed by atoms with E-state index in [-0.39, 0.29) is 28.1 Å². The van der Waals surface area contributed by atoms with Gasteiger partial charge in [0.1, 0.15) is 12.0 Å². The fraction of sp³-hybridized carbons (Fsp3) is 0.206. The number of fused-ring (bicyclic) bond motifs is 3. The lowest BCUT2D eigenvalue weighted by molar-refractivity contribution is 0.155. The van der Waals surface area contributed by atoms with Gasteiger partial charge in [0, 0.05) is 30.4 Å². The van der Waals surface area contributed by atoms with Gasteiger partial charge in [0.25, 0.3) is 10.0 Å². The van der Waals surface area contributed by atoms with Crippen LogP contribution in [0.3, 0.4) is 0 Å². The lowest BCUT2D eigenvalue weighted by Crippen LogP contribution is -2.37. The molecule has 1 fully saturated rings. The van der Waals surface area contributed by atoms with Gasteiger partial charge < -0.3 is 0 Å². The van der Waals surface area contributed by atoms with Gasteiger partial charge in [-0.15, -0.1) is 0 Å². The zero-order valence-electron chi connectivity index (χ0n) is 24.7. The first-order valence-corrected chi connectivity index (χ1v) is 17.5. The summed E-state index contributed by atoms with van der Waals surface area (Å²) < 4.78 is 73.0. The van der Waals surface area contributed by atoms with Crippen molar-refractivity contribution < 1.29 is 21.2 Å². The van der Waals surface area contributed by atoms with E-state index in [0.717, 1.165) is 26.3 Å². The predicted octanol–water partition coefficient (Wildman–Crippen LogP) is 5.85. The number of sulfonamides is 1. The average molecular weight is 643 g/mol. The standard InChI is InChI=1S/C34H31FN4O4S2/c1-23-7-15-28(16-8-23)44(40,41)38-22-32-30-6-4-3-5-25(30)19-20-37(32)34(38)31-21-39(36-33(31)26-11-13-27(35)14-12-26)45(42,43)29-17-9-24(2)10-18-29/h3-18,21,32,34H,19-20,22H2,1-2H3/t32-,34-/m0/s1. The second-order valence-corrected chi connectivity index (χ2v) is 15.3. The zero-order chi connectivity index (χ0) is 31.5. The maximum atomic E-state index is 14.4. The molecule has 0 N–H and O–H groups in total. The lowest BCUT2D eigenvalue weighted by Gasteiger charge is -2.35. The van der Waals surface area contributed by atoms with Crippen molar-refractivity contribution in [3.8, 4) is 11.3 Å². The van der Waals surface area contributed by atoms with Crippen LogP contribution >= 0.6 is 0 Å². The summed E-state index contributed by atoms with van der Waals surface area (Å²) in [5, 5.41) is 4.57. The molecule has 0 spiro atoms.